The highest BCUT2D eigenvalue weighted by atomic mass is 16.5. The first-order valence-corrected chi connectivity index (χ1v) is 5.12. The van der Waals surface area contributed by atoms with Crippen LogP contribution in [0.25, 0.3) is 0 Å². The largest absolute Gasteiger partial charge is 0.378 e. The van der Waals surface area contributed by atoms with Crippen molar-refractivity contribution in [1.82, 2.24) is 5.32 Å². The zero-order chi connectivity index (χ0) is 8.97. The summed E-state index contributed by atoms with van der Waals surface area (Å²) in [6.45, 7) is 8.45. The Bertz CT molecular complexity index is 121. The van der Waals surface area contributed by atoms with E-state index in [1.807, 2.05) is 0 Å². The second-order valence-electron chi connectivity index (χ2n) is 3.66. The molecule has 1 aliphatic rings. The highest BCUT2D eigenvalue weighted by molar-refractivity contribution is 4.86. The molecule has 0 heterocycles. The van der Waals surface area contributed by atoms with Crippen LogP contribution in [-0.2, 0) is 4.74 Å². The quantitative estimate of drug-likeness (QED) is 0.681. The monoisotopic (exact) mass is 171 g/mol. The summed E-state index contributed by atoms with van der Waals surface area (Å²) in [6.07, 6.45) is 3.06. The van der Waals surface area contributed by atoms with Gasteiger partial charge in [-0.2, -0.15) is 0 Å². The van der Waals surface area contributed by atoms with E-state index >= 15 is 0 Å². The standard InChI is InChI=1S/C10H21NO/c1-4-11-8(3)9-6-10(7-9)12-5-2/h8-11H,4-7H2,1-3H3. The van der Waals surface area contributed by atoms with Crippen molar-refractivity contribution in [3.05, 3.63) is 0 Å². The molecule has 12 heavy (non-hydrogen) atoms. The second kappa shape index (κ2) is 4.83. The molecule has 1 saturated carbocycles. The van der Waals surface area contributed by atoms with Crippen LogP contribution in [0.4, 0.5) is 0 Å². The average Bonchev–Trinajstić information content (AvgIpc) is 1.96. The van der Waals surface area contributed by atoms with E-state index in [9.17, 15) is 0 Å². The summed E-state index contributed by atoms with van der Waals surface area (Å²) in [5.41, 5.74) is 0. The number of rotatable bonds is 5. The predicted molar refractivity (Wildman–Crippen MR) is 51.3 cm³/mol. The van der Waals surface area contributed by atoms with Crippen LogP contribution in [0.1, 0.15) is 33.6 Å². The van der Waals surface area contributed by atoms with E-state index in [0.717, 1.165) is 19.1 Å². The molecule has 1 aliphatic carbocycles. The molecule has 1 unspecified atom stereocenters. The third kappa shape index (κ3) is 2.46. The molecular weight excluding hydrogens is 150 g/mol. The summed E-state index contributed by atoms with van der Waals surface area (Å²) in [4.78, 5) is 0. The molecule has 0 aromatic heterocycles. The molecule has 0 radical (unpaired) electrons. The molecule has 72 valence electrons. The van der Waals surface area contributed by atoms with Crippen molar-refractivity contribution in [3.8, 4) is 0 Å². The Morgan fingerprint density at radius 2 is 2.08 bits per heavy atom. The Morgan fingerprint density at radius 3 is 2.58 bits per heavy atom. The molecule has 1 rings (SSSR count). The third-order valence-electron chi connectivity index (χ3n) is 2.77. The molecule has 0 aliphatic heterocycles. The van der Waals surface area contributed by atoms with Gasteiger partial charge in [-0.25, -0.2) is 0 Å². The number of hydrogen-bond acceptors (Lipinski definition) is 2. The number of nitrogens with one attached hydrogen (secondary N) is 1. The lowest BCUT2D eigenvalue weighted by Crippen LogP contribution is -2.44. The summed E-state index contributed by atoms with van der Waals surface area (Å²) in [6, 6.07) is 0.673. The lowest BCUT2D eigenvalue weighted by atomic mass is 9.77. The summed E-state index contributed by atoms with van der Waals surface area (Å²) in [7, 11) is 0. The van der Waals surface area contributed by atoms with Crippen LogP contribution in [0.5, 0.6) is 0 Å². The summed E-state index contributed by atoms with van der Waals surface area (Å²) < 4.78 is 5.51. The fraction of sp³-hybridized carbons (Fsp3) is 1.00. The predicted octanol–water partition coefficient (Wildman–Crippen LogP) is 1.80. The van der Waals surface area contributed by atoms with E-state index in [0.29, 0.717) is 12.1 Å². The molecule has 1 N–H and O–H groups in total. The first-order chi connectivity index (χ1) is 5.77. The van der Waals surface area contributed by atoms with Gasteiger partial charge in [-0.05, 0) is 39.2 Å². The highest BCUT2D eigenvalue weighted by Gasteiger charge is 2.32. The van der Waals surface area contributed by atoms with Crippen LogP contribution in [0.2, 0.25) is 0 Å². The Hall–Kier alpha value is -0.0800. The fourth-order valence-corrected chi connectivity index (χ4v) is 1.87. The van der Waals surface area contributed by atoms with Crippen molar-refractivity contribution in [2.75, 3.05) is 13.2 Å². The van der Waals surface area contributed by atoms with Crippen molar-refractivity contribution in [3.63, 3.8) is 0 Å². The lowest BCUT2D eigenvalue weighted by molar-refractivity contribution is -0.0331. The zero-order valence-electron chi connectivity index (χ0n) is 8.47. The minimum Gasteiger partial charge on any atom is -0.378 e. The second-order valence-corrected chi connectivity index (χ2v) is 3.66. The normalized spacial score (nSPS) is 31.2. The van der Waals surface area contributed by atoms with E-state index < -0.39 is 0 Å². The maximum absolute atomic E-state index is 5.51. The summed E-state index contributed by atoms with van der Waals surface area (Å²) in [5, 5.41) is 3.45. The van der Waals surface area contributed by atoms with Crippen molar-refractivity contribution >= 4 is 0 Å². The van der Waals surface area contributed by atoms with Crippen LogP contribution < -0.4 is 5.32 Å². The maximum atomic E-state index is 5.51. The lowest BCUT2D eigenvalue weighted by Gasteiger charge is -2.39. The van der Waals surface area contributed by atoms with E-state index in [1.54, 1.807) is 0 Å². The van der Waals surface area contributed by atoms with Gasteiger partial charge in [0.15, 0.2) is 0 Å². The van der Waals surface area contributed by atoms with Crippen LogP contribution in [0, 0.1) is 5.92 Å². The van der Waals surface area contributed by atoms with Gasteiger partial charge in [0.05, 0.1) is 6.10 Å². The Labute approximate surface area is 75.7 Å². The van der Waals surface area contributed by atoms with Crippen molar-refractivity contribution in [2.45, 2.75) is 45.8 Å². The van der Waals surface area contributed by atoms with Gasteiger partial charge >= 0.3 is 0 Å². The van der Waals surface area contributed by atoms with Gasteiger partial charge in [-0.1, -0.05) is 6.92 Å². The van der Waals surface area contributed by atoms with Gasteiger partial charge in [-0.3, -0.25) is 0 Å². The maximum Gasteiger partial charge on any atom is 0.0581 e. The van der Waals surface area contributed by atoms with Crippen molar-refractivity contribution in [1.29, 1.82) is 0 Å². The van der Waals surface area contributed by atoms with Gasteiger partial charge < -0.3 is 10.1 Å². The molecule has 1 fully saturated rings. The molecule has 0 saturated heterocycles. The Morgan fingerprint density at radius 1 is 1.42 bits per heavy atom. The smallest absolute Gasteiger partial charge is 0.0581 e. The molecule has 0 spiro atoms. The highest BCUT2D eigenvalue weighted by Crippen LogP contribution is 2.32. The topological polar surface area (TPSA) is 21.3 Å². The Kier molecular flexibility index (Phi) is 4.02. The third-order valence-corrected chi connectivity index (χ3v) is 2.77. The van der Waals surface area contributed by atoms with Crippen molar-refractivity contribution in [2.24, 2.45) is 5.92 Å². The van der Waals surface area contributed by atoms with E-state index in [-0.39, 0.29) is 0 Å². The SMILES string of the molecule is CCNC(C)C1CC(OCC)C1. The van der Waals surface area contributed by atoms with E-state index in [1.165, 1.54) is 12.8 Å². The first-order valence-electron chi connectivity index (χ1n) is 5.12. The number of ether oxygens (including phenoxy) is 1. The van der Waals surface area contributed by atoms with Crippen molar-refractivity contribution < 1.29 is 4.74 Å². The summed E-state index contributed by atoms with van der Waals surface area (Å²) >= 11 is 0. The van der Waals surface area contributed by atoms with Gasteiger partial charge in [0, 0.05) is 12.6 Å². The van der Waals surface area contributed by atoms with E-state index in [4.69, 9.17) is 4.74 Å². The molecule has 0 aromatic carbocycles. The first kappa shape index (κ1) is 10.0. The molecule has 1 atom stereocenters. The molecular formula is C10H21NO. The van der Waals surface area contributed by atoms with E-state index in [2.05, 4.69) is 26.1 Å². The van der Waals surface area contributed by atoms with Crippen LogP contribution in [0.15, 0.2) is 0 Å². The molecule has 2 nitrogen and oxygen atoms in total. The van der Waals surface area contributed by atoms with Gasteiger partial charge in [-0.15, -0.1) is 0 Å². The van der Waals surface area contributed by atoms with Gasteiger partial charge in [0.1, 0.15) is 0 Å². The average molecular weight is 171 g/mol. The summed E-state index contributed by atoms with van der Waals surface area (Å²) in [5.74, 6) is 0.849. The molecule has 2 heteroatoms. The number of hydrogen-bond donors (Lipinski definition) is 1. The van der Waals surface area contributed by atoms with Gasteiger partial charge in [0.2, 0.25) is 0 Å². The zero-order valence-corrected chi connectivity index (χ0v) is 8.47. The van der Waals surface area contributed by atoms with Crippen LogP contribution in [-0.4, -0.2) is 25.3 Å². The fourth-order valence-electron chi connectivity index (χ4n) is 1.87. The molecule has 0 aromatic rings. The minimum absolute atomic E-state index is 0.557. The van der Waals surface area contributed by atoms with Gasteiger partial charge in [0.25, 0.3) is 0 Å². The molecule has 0 amide bonds. The minimum atomic E-state index is 0.557. The Balaban J connectivity index is 2.07. The van der Waals surface area contributed by atoms with Crippen LogP contribution >= 0.6 is 0 Å². The van der Waals surface area contributed by atoms with Crippen LogP contribution in [0.3, 0.4) is 0 Å². The molecule has 0 bridgehead atoms.